The van der Waals surface area contributed by atoms with Crippen molar-refractivity contribution < 1.29 is 8.42 Å². The van der Waals surface area contributed by atoms with Crippen molar-refractivity contribution in [1.82, 2.24) is 4.98 Å². The van der Waals surface area contributed by atoms with Gasteiger partial charge in [0.15, 0.2) is 9.84 Å². The molecule has 0 N–H and O–H groups in total. The maximum atomic E-state index is 11.6. The molecule has 2 aliphatic rings. The van der Waals surface area contributed by atoms with E-state index >= 15 is 0 Å². The van der Waals surface area contributed by atoms with Gasteiger partial charge in [0.05, 0.1) is 10.6 Å². The van der Waals surface area contributed by atoms with Gasteiger partial charge in [0.25, 0.3) is 0 Å². The molecule has 0 unspecified atom stereocenters. The quantitative estimate of drug-likeness (QED) is 0.864. The van der Waals surface area contributed by atoms with Crippen LogP contribution in [0.25, 0.3) is 11.1 Å². The minimum atomic E-state index is -3.17. The lowest BCUT2D eigenvalue weighted by Gasteiger charge is -2.09. The van der Waals surface area contributed by atoms with Gasteiger partial charge in [-0.2, -0.15) is 0 Å². The number of allylic oxidation sites excluding steroid dienone is 4. The van der Waals surface area contributed by atoms with E-state index < -0.39 is 9.84 Å². The molecule has 0 radical (unpaired) electrons. The van der Waals surface area contributed by atoms with Gasteiger partial charge in [0.1, 0.15) is 0 Å². The molecule has 1 spiro atoms. The van der Waals surface area contributed by atoms with Gasteiger partial charge in [-0.1, -0.05) is 30.4 Å². The fourth-order valence-corrected chi connectivity index (χ4v) is 3.69. The third-order valence-electron chi connectivity index (χ3n) is 4.52. The molecule has 2 aromatic rings. The maximum absolute atomic E-state index is 11.6. The highest BCUT2D eigenvalue weighted by Gasteiger charge is 2.43. The number of hydrogen-bond donors (Lipinski definition) is 0. The van der Waals surface area contributed by atoms with Crippen LogP contribution in [-0.2, 0) is 9.84 Å². The Hall–Kier alpha value is -2.20. The summed E-state index contributed by atoms with van der Waals surface area (Å²) in [7, 11) is -3.17. The number of pyridine rings is 1. The summed E-state index contributed by atoms with van der Waals surface area (Å²) in [5.74, 6) is 0. The Kier molecular flexibility index (Phi) is 3.07. The normalized spacial score (nSPS) is 18.7. The van der Waals surface area contributed by atoms with Gasteiger partial charge in [-0.15, -0.1) is 0 Å². The molecule has 0 atom stereocenters. The van der Waals surface area contributed by atoms with E-state index in [1.165, 1.54) is 19.1 Å². The van der Waals surface area contributed by atoms with Crippen molar-refractivity contribution in [2.45, 2.75) is 17.7 Å². The van der Waals surface area contributed by atoms with Gasteiger partial charge in [-0.05, 0) is 48.2 Å². The van der Waals surface area contributed by atoms with Crippen LogP contribution < -0.4 is 0 Å². The molecular weight excluding hydrogens is 306 g/mol. The SMILES string of the molecule is CS(=O)(=O)c1ccc(C2=CC3(C=C2c2ccccn2)CC3)cc1. The van der Waals surface area contributed by atoms with Crippen LogP contribution in [0.3, 0.4) is 0 Å². The standard InChI is InChI=1S/C19H17NO2S/c1-23(21,22)15-7-5-14(6-8-15)16-12-19(9-10-19)13-17(16)18-4-2-3-11-20-18/h2-8,11-13H,9-10H2,1H3. The van der Waals surface area contributed by atoms with Crippen LogP contribution in [0.2, 0.25) is 0 Å². The molecule has 116 valence electrons. The minimum Gasteiger partial charge on any atom is -0.256 e. The van der Waals surface area contributed by atoms with Crippen molar-refractivity contribution >= 4 is 21.0 Å². The molecule has 3 nitrogen and oxygen atoms in total. The Labute approximate surface area is 136 Å². The molecule has 1 aromatic carbocycles. The summed E-state index contributed by atoms with van der Waals surface area (Å²) >= 11 is 0. The van der Waals surface area contributed by atoms with Crippen LogP contribution >= 0.6 is 0 Å². The molecule has 1 saturated carbocycles. The van der Waals surface area contributed by atoms with Crippen molar-refractivity contribution in [2.24, 2.45) is 5.41 Å². The number of aromatic nitrogens is 1. The van der Waals surface area contributed by atoms with Gasteiger partial charge in [-0.3, -0.25) is 4.98 Å². The van der Waals surface area contributed by atoms with E-state index in [2.05, 4.69) is 17.1 Å². The molecule has 23 heavy (non-hydrogen) atoms. The highest BCUT2D eigenvalue weighted by molar-refractivity contribution is 7.90. The summed E-state index contributed by atoms with van der Waals surface area (Å²) in [6.45, 7) is 0. The van der Waals surface area contributed by atoms with Crippen LogP contribution in [-0.4, -0.2) is 19.7 Å². The van der Waals surface area contributed by atoms with Crippen LogP contribution in [0.5, 0.6) is 0 Å². The van der Waals surface area contributed by atoms with Gasteiger partial charge < -0.3 is 0 Å². The third kappa shape index (κ3) is 2.63. The maximum Gasteiger partial charge on any atom is 0.175 e. The summed E-state index contributed by atoms with van der Waals surface area (Å²) < 4.78 is 23.3. The lowest BCUT2D eigenvalue weighted by Crippen LogP contribution is -1.97. The first-order valence-corrected chi connectivity index (χ1v) is 9.54. The van der Waals surface area contributed by atoms with Crippen LogP contribution in [0.4, 0.5) is 0 Å². The zero-order valence-electron chi connectivity index (χ0n) is 12.9. The molecule has 4 heteroatoms. The molecular formula is C19H17NO2S. The van der Waals surface area contributed by atoms with E-state index in [0.717, 1.165) is 22.4 Å². The Morgan fingerprint density at radius 1 is 0.957 bits per heavy atom. The second-order valence-electron chi connectivity index (χ2n) is 6.36. The van der Waals surface area contributed by atoms with E-state index in [-0.39, 0.29) is 5.41 Å². The summed E-state index contributed by atoms with van der Waals surface area (Å²) in [5.41, 5.74) is 4.50. The van der Waals surface area contributed by atoms with Crippen molar-refractivity contribution in [3.8, 4) is 0 Å². The average molecular weight is 323 g/mol. The van der Waals surface area contributed by atoms with Crippen LogP contribution in [0.1, 0.15) is 24.1 Å². The monoisotopic (exact) mass is 323 g/mol. The van der Waals surface area contributed by atoms with Crippen molar-refractivity contribution in [3.05, 3.63) is 72.1 Å². The highest BCUT2D eigenvalue weighted by Crippen LogP contribution is 2.57. The summed E-state index contributed by atoms with van der Waals surface area (Å²) in [4.78, 5) is 4.83. The Bertz CT molecular complexity index is 919. The lowest BCUT2D eigenvalue weighted by molar-refractivity contribution is 0.602. The first kappa shape index (κ1) is 14.4. The number of nitrogens with zero attached hydrogens (tertiary/aromatic N) is 1. The van der Waals surface area contributed by atoms with E-state index in [1.807, 2.05) is 30.3 Å². The highest BCUT2D eigenvalue weighted by atomic mass is 32.2. The van der Waals surface area contributed by atoms with E-state index in [4.69, 9.17) is 0 Å². The third-order valence-corrected chi connectivity index (χ3v) is 5.64. The van der Waals surface area contributed by atoms with E-state index in [1.54, 1.807) is 18.3 Å². The molecule has 1 heterocycles. The number of rotatable bonds is 3. The number of sulfone groups is 1. The molecule has 0 amide bonds. The second-order valence-corrected chi connectivity index (χ2v) is 8.38. The zero-order chi connectivity index (χ0) is 16.1. The topological polar surface area (TPSA) is 47.0 Å². The molecule has 0 aliphatic heterocycles. The largest absolute Gasteiger partial charge is 0.256 e. The van der Waals surface area contributed by atoms with Crippen molar-refractivity contribution in [2.75, 3.05) is 6.26 Å². The molecule has 0 saturated heterocycles. The zero-order valence-corrected chi connectivity index (χ0v) is 13.7. The summed E-state index contributed by atoms with van der Waals surface area (Å²) in [6, 6.07) is 13.1. The molecule has 1 aromatic heterocycles. The summed E-state index contributed by atoms with van der Waals surface area (Å²) in [6.07, 6.45) is 10.0. The van der Waals surface area contributed by atoms with Crippen LogP contribution in [0, 0.1) is 5.41 Å². The number of benzene rings is 1. The Morgan fingerprint density at radius 2 is 1.65 bits per heavy atom. The average Bonchev–Trinajstić information content (AvgIpc) is 3.18. The van der Waals surface area contributed by atoms with Gasteiger partial charge >= 0.3 is 0 Å². The lowest BCUT2D eigenvalue weighted by atomic mass is 9.98. The van der Waals surface area contributed by atoms with Gasteiger partial charge in [0, 0.05) is 23.4 Å². The molecule has 2 aliphatic carbocycles. The fourth-order valence-electron chi connectivity index (χ4n) is 3.06. The molecule has 4 rings (SSSR count). The number of hydrogen-bond acceptors (Lipinski definition) is 3. The van der Waals surface area contributed by atoms with E-state index in [0.29, 0.717) is 4.90 Å². The first-order valence-electron chi connectivity index (χ1n) is 7.65. The smallest absolute Gasteiger partial charge is 0.175 e. The molecule has 0 bridgehead atoms. The second kappa shape index (κ2) is 4.90. The van der Waals surface area contributed by atoms with Gasteiger partial charge in [0.2, 0.25) is 0 Å². The van der Waals surface area contributed by atoms with Crippen molar-refractivity contribution in [3.63, 3.8) is 0 Å². The van der Waals surface area contributed by atoms with Gasteiger partial charge in [-0.25, -0.2) is 8.42 Å². The Balaban J connectivity index is 1.77. The summed E-state index contributed by atoms with van der Waals surface area (Å²) in [5, 5.41) is 0. The first-order chi connectivity index (χ1) is 11.0. The fraction of sp³-hybridized carbons (Fsp3) is 0.211. The molecule has 1 fully saturated rings. The predicted molar refractivity (Wildman–Crippen MR) is 91.4 cm³/mol. The van der Waals surface area contributed by atoms with Crippen molar-refractivity contribution in [1.29, 1.82) is 0 Å². The van der Waals surface area contributed by atoms with E-state index in [9.17, 15) is 8.42 Å². The van der Waals surface area contributed by atoms with Crippen LogP contribution in [0.15, 0.2) is 65.7 Å². The Morgan fingerprint density at radius 3 is 2.22 bits per heavy atom. The predicted octanol–water partition coefficient (Wildman–Crippen LogP) is 3.75. The minimum absolute atomic E-state index is 0.192.